The Morgan fingerprint density at radius 1 is 1.47 bits per heavy atom. The highest BCUT2D eigenvalue weighted by molar-refractivity contribution is 7.09. The second kappa shape index (κ2) is 3.79. The van der Waals surface area contributed by atoms with E-state index in [-0.39, 0.29) is 0 Å². The van der Waals surface area contributed by atoms with Crippen molar-refractivity contribution >= 4 is 11.3 Å². The molecule has 0 spiro atoms. The van der Waals surface area contributed by atoms with Crippen molar-refractivity contribution in [1.29, 1.82) is 0 Å². The van der Waals surface area contributed by atoms with Crippen molar-refractivity contribution in [1.82, 2.24) is 9.55 Å². The minimum Gasteiger partial charge on any atom is -0.351 e. The Bertz CT molecular complexity index is 482. The molecule has 80 valence electrons. The maximum Gasteiger partial charge on any atom is 0.107 e. The van der Waals surface area contributed by atoms with Crippen molar-refractivity contribution in [3.63, 3.8) is 0 Å². The Kier molecular flexibility index (Phi) is 2.63. The van der Waals surface area contributed by atoms with Crippen molar-refractivity contribution < 1.29 is 0 Å². The summed E-state index contributed by atoms with van der Waals surface area (Å²) < 4.78 is 2.18. The fourth-order valence-corrected chi connectivity index (χ4v) is 2.32. The predicted octanol–water partition coefficient (Wildman–Crippen LogP) is 2.22. The Morgan fingerprint density at radius 3 is 2.67 bits per heavy atom. The summed E-state index contributed by atoms with van der Waals surface area (Å²) in [5.74, 6) is 0. The number of aryl methyl sites for hydroxylation is 1. The summed E-state index contributed by atoms with van der Waals surface area (Å²) >= 11 is 1.62. The minimum absolute atomic E-state index is 0.523. The highest BCUT2D eigenvalue weighted by Crippen LogP contribution is 2.27. The summed E-state index contributed by atoms with van der Waals surface area (Å²) in [7, 11) is 2.07. The highest BCUT2D eigenvalue weighted by Gasteiger charge is 2.10. The van der Waals surface area contributed by atoms with Crippen LogP contribution in [-0.4, -0.2) is 9.55 Å². The summed E-state index contributed by atoms with van der Waals surface area (Å²) in [4.78, 5) is 4.49. The molecule has 0 aliphatic heterocycles. The van der Waals surface area contributed by atoms with Crippen LogP contribution in [0.3, 0.4) is 0 Å². The molecule has 2 N–H and O–H groups in total. The van der Waals surface area contributed by atoms with E-state index in [1.807, 2.05) is 0 Å². The third-order valence-corrected chi connectivity index (χ3v) is 3.65. The molecule has 4 heteroatoms. The molecule has 2 heterocycles. The van der Waals surface area contributed by atoms with Gasteiger partial charge in [-0.25, -0.2) is 4.98 Å². The second-order valence-corrected chi connectivity index (χ2v) is 4.62. The van der Waals surface area contributed by atoms with Gasteiger partial charge >= 0.3 is 0 Å². The van der Waals surface area contributed by atoms with E-state index in [4.69, 9.17) is 5.73 Å². The number of hydrogen-bond donors (Lipinski definition) is 1. The van der Waals surface area contributed by atoms with Crippen LogP contribution in [0.1, 0.15) is 16.4 Å². The number of thiazole rings is 1. The molecule has 3 nitrogen and oxygen atoms in total. The van der Waals surface area contributed by atoms with Crippen LogP contribution in [0, 0.1) is 13.8 Å². The van der Waals surface area contributed by atoms with Gasteiger partial charge in [-0.3, -0.25) is 0 Å². The minimum atomic E-state index is 0.523. The molecular formula is C11H15N3S. The fourth-order valence-electron chi connectivity index (χ4n) is 1.64. The molecule has 0 amide bonds. The lowest BCUT2D eigenvalue weighted by Gasteiger charge is -1.99. The molecule has 2 rings (SSSR count). The van der Waals surface area contributed by atoms with Gasteiger partial charge in [0.1, 0.15) is 5.01 Å². The molecule has 2 aromatic rings. The van der Waals surface area contributed by atoms with E-state index >= 15 is 0 Å². The first-order valence-electron chi connectivity index (χ1n) is 4.91. The summed E-state index contributed by atoms with van der Waals surface area (Å²) in [5, 5.41) is 3.06. The first-order valence-corrected chi connectivity index (χ1v) is 5.79. The smallest absolute Gasteiger partial charge is 0.107 e. The van der Waals surface area contributed by atoms with Crippen molar-refractivity contribution in [3.8, 4) is 11.3 Å². The van der Waals surface area contributed by atoms with E-state index in [9.17, 15) is 0 Å². The average Bonchev–Trinajstić information content (AvgIpc) is 2.79. The van der Waals surface area contributed by atoms with Crippen molar-refractivity contribution in [3.05, 3.63) is 27.8 Å². The molecule has 0 atom stereocenters. The third kappa shape index (κ3) is 1.70. The molecule has 0 fully saturated rings. The van der Waals surface area contributed by atoms with Crippen molar-refractivity contribution in [2.24, 2.45) is 12.8 Å². The summed E-state index contributed by atoms with van der Waals surface area (Å²) in [6.07, 6.45) is 0. The van der Waals surface area contributed by atoms with Crippen LogP contribution in [-0.2, 0) is 13.6 Å². The number of hydrogen-bond acceptors (Lipinski definition) is 3. The van der Waals surface area contributed by atoms with E-state index in [0.29, 0.717) is 6.54 Å². The van der Waals surface area contributed by atoms with Crippen molar-refractivity contribution in [2.75, 3.05) is 0 Å². The molecule has 2 aromatic heterocycles. The van der Waals surface area contributed by atoms with Gasteiger partial charge in [-0.15, -0.1) is 11.3 Å². The van der Waals surface area contributed by atoms with Gasteiger partial charge in [-0.2, -0.15) is 0 Å². The standard InChI is InChI=1S/C11H15N3S/c1-7-4-9(8(2)14(7)3)10-6-15-11(5-12)13-10/h4,6H,5,12H2,1-3H3. The van der Waals surface area contributed by atoms with Gasteiger partial charge in [0.2, 0.25) is 0 Å². The normalized spacial score (nSPS) is 10.9. The zero-order valence-electron chi connectivity index (χ0n) is 9.24. The molecule has 0 aromatic carbocycles. The monoisotopic (exact) mass is 221 g/mol. The molecule has 0 saturated carbocycles. The Morgan fingerprint density at radius 2 is 2.20 bits per heavy atom. The van der Waals surface area contributed by atoms with Gasteiger partial charge in [0.05, 0.1) is 5.69 Å². The van der Waals surface area contributed by atoms with Crippen LogP contribution < -0.4 is 5.73 Å². The zero-order chi connectivity index (χ0) is 11.0. The SMILES string of the molecule is Cc1cc(-c2csc(CN)n2)c(C)n1C. The Balaban J connectivity index is 2.49. The molecule has 15 heavy (non-hydrogen) atoms. The number of rotatable bonds is 2. The fraction of sp³-hybridized carbons (Fsp3) is 0.364. The van der Waals surface area contributed by atoms with Gasteiger partial charge in [-0.1, -0.05) is 0 Å². The quantitative estimate of drug-likeness (QED) is 0.845. The van der Waals surface area contributed by atoms with E-state index in [0.717, 1.165) is 10.7 Å². The number of aromatic nitrogens is 2. The zero-order valence-corrected chi connectivity index (χ0v) is 10.1. The lowest BCUT2D eigenvalue weighted by atomic mass is 10.2. The van der Waals surface area contributed by atoms with E-state index in [1.165, 1.54) is 17.0 Å². The van der Waals surface area contributed by atoms with Gasteiger partial charge in [0.15, 0.2) is 0 Å². The summed E-state index contributed by atoms with van der Waals surface area (Å²) in [6.45, 7) is 4.74. The topological polar surface area (TPSA) is 43.8 Å². The van der Waals surface area contributed by atoms with Crippen LogP contribution in [0.25, 0.3) is 11.3 Å². The highest BCUT2D eigenvalue weighted by atomic mass is 32.1. The molecule has 0 bridgehead atoms. The van der Waals surface area contributed by atoms with E-state index in [1.54, 1.807) is 11.3 Å². The van der Waals surface area contributed by atoms with Crippen molar-refractivity contribution in [2.45, 2.75) is 20.4 Å². The lowest BCUT2D eigenvalue weighted by molar-refractivity contribution is 0.845. The molecule has 0 unspecified atom stereocenters. The van der Waals surface area contributed by atoms with E-state index < -0.39 is 0 Å². The van der Waals surface area contributed by atoms with Gasteiger partial charge < -0.3 is 10.3 Å². The molecule has 0 radical (unpaired) electrons. The first kappa shape index (κ1) is 10.4. The average molecular weight is 221 g/mol. The maximum atomic E-state index is 5.56. The Labute approximate surface area is 93.6 Å². The van der Waals surface area contributed by atoms with Gasteiger partial charge in [0, 0.05) is 35.9 Å². The lowest BCUT2D eigenvalue weighted by Crippen LogP contribution is -1.95. The number of nitrogens with two attached hydrogens (primary N) is 1. The molecule has 0 saturated heterocycles. The second-order valence-electron chi connectivity index (χ2n) is 3.67. The Hall–Kier alpha value is -1.13. The molecular weight excluding hydrogens is 206 g/mol. The molecule has 0 aliphatic carbocycles. The van der Waals surface area contributed by atoms with Crippen LogP contribution in [0.15, 0.2) is 11.4 Å². The van der Waals surface area contributed by atoms with Crippen LogP contribution in [0.5, 0.6) is 0 Å². The first-order chi connectivity index (χ1) is 7.13. The van der Waals surface area contributed by atoms with Crippen LogP contribution >= 0.6 is 11.3 Å². The van der Waals surface area contributed by atoms with Crippen LogP contribution in [0.2, 0.25) is 0 Å². The maximum absolute atomic E-state index is 5.56. The van der Waals surface area contributed by atoms with Gasteiger partial charge in [-0.05, 0) is 19.9 Å². The third-order valence-electron chi connectivity index (χ3n) is 2.78. The van der Waals surface area contributed by atoms with Gasteiger partial charge in [0.25, 0.3) is 0 Å². The van der Waals surface area contributed by atoms with E-state index in [2.05, 4.69) is 41.9 Å². The van der Waals surface area contributed by atoms with Crippen LogP contribution in [0.4, 0.5) is 0 Å². The summed E-state index contributed by atoms with van der Waals surface area (Å²) in [6, 6.07) is 2.17. The predicted molar refractivity (Wildman–Crippen MR) is 63.9 cm³/mol. The molecule has 0 aliphatic rings. The number of nitrogens with zero attached hydrogens (tertiary/aromatic N) is 2. The largest absolute Gasteiger partial charge is 0.351 e. The summed E-state index contributed by atoms with van der Waals surface area (Å²) in [5.41, 5.74) is 10.3.